The minimum Gasteiger partial charge on any atom is -0.377 e. The Morgan fingerprint density at radius 1 is 1.30 bits per heavy atom. The number of nitrogens with zero attached hydrogens (tertiary/aromatic N) is 1. The lowest BCUT2D eigenvalue weighted by Crippen LogP contribution is -2.58. The molecule has 3 heteroatoms. The van der Waals surface area contributed by atoms with Crippen molar-refractivity contribution in [3.8, 4) is 0 Å². The number of nitrogens with one attached hydrogen (secondary N) is 1. The number of benzene rings is 1. The Morgan fingerprint density at radius 3 is 2.65 bits per heavy atom. The Kier molecular flexibility index (Phi) is 5.19. The van der Waals surface area contributed by atoms with Gasteiger partial charge in [-0.2, -0.15) is 0 Å². The second-order valence-electron chi connectivity index (χ2n) is 6.58. The van der Waals surface area contributed by atoms with Crippen molar-refractivity contribution < 1.29 is 4.74 Å². The van der Waals surface area contributed by atoms with Crippen molar-refractivity contribution in [2.24, 2.45) is 0 Å². The maximum atomic E-state index is 5.73. The van der Waals surface area contributed by atoms with Gasteiger partial charge in [-0.1, -0.05) is 30.3 Å². The van der Waals surface area contributed by atoms with Crippen molar-refractivity contribution in [3.05, 3.63) is 35.9 Å². The molecule has 0 radical (unpaired) electrons. The van der Waals surface area contributed by atoms with E-state index in [1.807, 2.05) is 0 Å². The fourth-order valence-corrected chi connectivity index (χ4v) is 2.82. The van der Waals surface area contributed by atoms with Crippen LogP contribution >= 0.6 is 0 Å². The van der Waals surface area contributed by atoms with Crippen LogP contribution < -0.4 is 5.32 Å². The highest BCUT2D eigenvalue weighted by Crippen LogP contribution is 2.26. The third-order valence-corrected chi connectivity index (χ3v) is 3.83. The molecule has 3 nitrogen and oxygen atoms in total. The van der Waals surface area contributed by atoms with Gasteiger partial charge in [-0.05, 0) is 33.3 Å². The van der Waals surface area contributed by atoms with Gasteiger partial charge in [0.1, 0.15) is 0 Å². The summed E-state index contributed by atoms with van der Waals surface area (Å²) in [5, 5.41) is 3.65. The van der Waals surface area contributed by atoms with E-state index in [2.05, 4.69) is 68.2 Å². The van der Waals surface area contributed by atoms with Gasteiger partial charge >= 0.3 is 0 Å². The average molecular weight is 276 g/mol. The monoisotopic (exact) mass is 276 g/mol. The van der Waals surface area contributed by atoms with Crippen LogP contribution in [0.4, 0.5) is 0 Å². The third-order valence-electron chi connectivity index (χ3n) is 3.83. The summed E-state index contributed by atoms with van der Waals surface area (Å²) in [6, 6.07) is 11.2. The van der Waals surface area contributed by atoms with Gasteiger partial charge in [0.2, 0.25) is 0 Å². The van der Waals surface area contributed by atoms with Crippen molar-refractivity contribution in [1.82, 2.24) is 10.2 Å². The molecule has 0 bridgehead atoms. The summed E-state index contributed by atoms with van der Waals surface area (Å²) in [6.07, 6.45) is 0.307. The van der Waals surface area contributed by atoms with E-state index >= 15 is 0 Å². The van der Waals surface area contributed by atoms with Crippen LogP contribution in [-0.2, 0) is 4.74 Å². The zero-order valence-electron chi connectivity index (χ0n) is 13.2. The highest BCUT2D eigenvalue weighted by atomic mass is 16.5. The quantitative estimate of drug-likeness (QED) is 0.895. The molecule has 1 N–H and O–H groups in total. The van der Waals surface area contributed by atoms with E-state index in [4.69, 9.17) is 4.74 Å². The summed E-state index contributed by atoms with van der Waals surface area (Å²) in [7, 11) is 0. The molecule has 0 saturated carbocycles. The normalized spacial score (nSPS) is 23.1. The molecule has 1 atom stereocenters. The van der Waals surface area contributed by atoms with Crippen molar-refractivity contribution in [3.63, 3.8) is 0 Å². The molecule has 0 aromatic heterocycles. The van der Waals surface area contributed by atoms with E-state index < -0.39 is 0 Å². The van der Waals surface area contributed by atoms with E-state index in [0.717, 1.165) is 26.2 Å². The standard InChI is InChI=1S/C17H28N2O/c1-14(2)20-11-10-19-13-17(3,4)18-12-16(19)15-8-6-5-7-9-15/h5-9,14,16,18H,10-13H2,1-4H3. The fraction of sp³-hybridized carbons (Fsp3) is 0.647. The van der Waals surface area contributed by atoms with E-state index in [-0.39, 0.29) is 5.54 Å². The first kappa shape index (κ1) is 15.5. The Morgan fingerprint density at radius 2 is 2.00 bits per heavy atom. The van der Waals surface area contributed by atoms with Crippen LogP contribution in [0.25, 0.3) is 0 Å². The molecule has 1 aromatic carbocycles. The molecule has 0 amide bonds. The minimum atomic E-state index is 0.170. The first-order chi connectivity index (χ1) is 9.48. The van der Waals surface area contributed by atoms with Gasteiger partial charge in [0, 0.05) is 31.2 Å². The number of hydrogen-bond donors (Lipinski definition) is 1. The number of rotatable bonds is 5. The van der Waals surface area contributed by atoms with E-state index in [0.29, 0.717) is 12.1 Å². The van der Waals surface area contributed by atoms with E-state index in [1.165, 1.54) is 5.56 Å². The van der Waals surface area contributed by atoms with Gasteiger partial charge < -0.3 is 10.1 Å². The summed E-state index contributed by atoms with van der Waals surface area (Å²) < 4.78 is 5.73. The Balaban J connectivity index is 2.04. The van der Waals surface area contributed by atoms with Crippen molar-refractivity contribution >= 4 is 0 Å². The predicted octanol–water partition coefficient (Wildman–Crippen LogP) is 2.84. The van der Waals surface area contributed by atoms with Crippen LogP contribution in [0.15, 0.2) is 30.3 Å². The first-order valence-electron chi connectivity index (χ1n) is 7.63. The van der Waals surface area contributed by atoms with Crippen molar-refractivity contribution in [2.45, 2.75) is 45.4 Å². The molecule has 20 heavy (non-hydrogen) atoms. The van der Waals surface area contributed by atoms with Crippen LogP contribution in [-0.4, -0.2) is 42.8 Å². The molecule has 1 fully saturated rings. The molecule has 1 aliphatic rings. The summed E-state index contributed by atoms with van der Waals surface area (Å²) in [5.74, 6) is 0. The molecule has 1 unspecified atom stereocenters. The van der Waals surface area contributed by atoms with Crippen LogP contribution in [0.1, 0.15) is 39.3 Å². The van der Waals surface area contributed by atoms with Crippen LogP contribution in [0.5, 0.6) is 0 Å². The summed E-state index contributed by atoms with van der Waals surface area (Å²) in [5.41, 5.74) is 1.56. The van der Waals surface area contributed by atoms with Gasteiger partial charge in [-0.25, -0.2) is 0 Å². The maximum Gasteiger partial charge on any atom is 0.0597 e. The van der Waals surface area contributed by atoms with Gasteiger partial charge in [-0.3, -0.25) is 4.90 Å². The highest BCUT2D eigenvalue weighted by Gasteiger charge is 2.32. The lowest BCUT2D eigenvalue weighted by molar-refractivity contribution is 0.0263. The molecule has 2 rings (SSSR count). The van der Waals surface area contributed by atoms with Crippen LogP contribution in [0.2, 0.25) is 0 Å². The zero-order valence-corrected chi connectivity index (χ0v) is 13.2. The van der Waals surface area contributed by atoms with Crippen molar-refractivity contribution in [1.29, 1.82) is 0 Å². The van der Waals surface area contributed by atoms with Crippen LogP contribution in [0.3, 0.4) is 0 Å². The Hall–Kier alpha value is -0.900. The topological polar surface area (TPSA) is 24.5 Å². The molecule has 0 spiro atoms. The summed E-state index contributed by atoms with van der Waals surface area (Å²) in [6.45, 7) is 12.6. The number of hydrogen-bond acceptors (Lipinski definition) is 3. The molecule has 1 saturated heterocycles. The average Bonchev–Trinajstić information content (AvgIpc) is 2.38. The van der Waals surface area contributed by atoms with E-state index in [1.54, 1.807) is 0 Å². The molecule has 1 aliphatic heterocycles. The van der Waals surface area contributed by atoms with Crippen molar-refractivity contribution in [2.75, 3.05) is 26.2 Å². The van der Waals surface area contributed by atoms with Crippen LogP contribution in [0, 0.1) is 0 Å². The Bertz CT molecular complexity index is 403. The predicted molar refractivity (Wildman–Crippen MR) is 83.9 cm³/mol. The Labute approximate surface area is 123 Å². The maximum absolute atomic E-state index is 5.73. The number of ether oxygens (including phenoxy) is 1. The smallest absolute Gasteiger partial charge is 0.0597 e. The lowest BCUT2D eigenvalue weighted by atomic mass is 9.95. The van der Waals surface area contributed by atoms with Gasteiger partial charge in [0.05, 0.1) is 12.7 Å². The zero-order chi connectivity index (χ0) is 14.6. The molecular weight excluding hydrogens is 248 g/mol. The molecular formula is C17H28N2O. The first-order valence-corrected chi connectivity index (χ1v) is 7.63. The molecule has 0 aliphatic carbocycles. The second-order valence-corrected chi connectivity index (χ2v) is 6.58. The second kappa shape index (κ2) is 6.70. The SMILES string of the molecule is CC(C)OCCN1CC(C)(C)NCC1c1ccccc1. The van der Waals surface area contributed by atoms with Gasteiger partial charge in [0.15, 0.2) is 0 Å². The highest BCUT2D eigenvalue weighted by molar-refractivity contribution is 5.20. The minimum absolute atomic E-state index is 0.170. The largest absolute Gasteiger partial charge is 0.377 e. The fourth-order valence-electron chi connectivity index (χ4n) is 2.82. The van der Waals surface area contributed by atoms with Gasteiger partial charge in [-0.15, -0.1) is 0 Å². The molecule has 1 aromatic rings. The molecule has 112 valence electrons. The summed E-state index contributed by atoms with van der Waals surface area (Å²) in [4.78, 5) is 2.55. The third kappa shape index (κ3) is 4.30. The summed E-state index contributed by atoms with van der Waals surface area (Å²) >= 11 is 0. The van der Waals surface area contributed by atoms with E-state index in [9.17, 15) is 0 Å². The molecule has 1 heterocycles. The lowest BCUT2D eigenvalue weighted by Gasteiger charge is -2.45. The number of piperazine rings is 1. The van der Waals surface area contributed by atoms with Gasteiger partial charge in [0.25, 0.3) is 0 Å².